The Kier molecular flexibility index (Phi) is 5.08. The zero-order valence-electron chi connectivity index (χ0n) is 10.4. The molecule has 1 aliphatic rings. The fourth-order valence-corrected chi connectivity index (χ4v) is 1.63. The van der Waals surface area contributed by atoms with Gasteiger partial charge >= 0.3 is 11.9 Å². The zero-order chi connectivity index (χ0) is 13.7. The Morgan fingerprint density at radius 1 is 1.44 bits per heavy atom. The Morgan fingerprint density at radius 2 is 2.06 bits per heavy atom. The van der Waals surface area contributed by atoms with Gasteiger partial charge in [-0.2, -0.15) is 0 Å². The number of carbonyl (C=O) groups is 3. The van der Waals surface area contributed by atoms with Crippen LogP contribution in [-0.2, 0) is 19.1 Å². The van der Waals surface area contributed by atoms with Crippen molar-refractivity contribution in [2.45, 2.75) is 19.4 Å². The molecule has 1 rings (SSSR count). The van der Waals surface area contributed by atoms with E-state index in [4.69, 9.17) is 5.11 Å². The molecular formula is C11H18N2O5. The van der Waals surface area contributed by atoms with Gasteiger partial charge in [-0.25, -0.2) is 4.79 Å². The third-order valence-corrected chi connectivity index (χ3v) is 3.15. The van der Waals surface area contributed by atoms with Crippen LogP contribution in [0.5, 0.6) is 0 Å². The molecule has 1 aliphatic heterocycles. The van der Waals surface area contributed by atoms with E-state index in [1.165, 1.54) is 7.11 Å². The lowest BCUT2D eigenvalue weighted by Crippen LogP contribution is -2.52. The highest BCUT2D eigenvalue weighted by molar-refractivity contribution is 5.88. The van der Waals surface area contributed by atoms with Gasteiger partial charge in [0.1, 0.15) is 6.04 Å². The molecule has 1 heterocycles. The molecule has 1 fully saturated rings. The standard InChI is InChI=1S/C11H18N2O5/c1-6(7-4-12-5-7)10(15)13-8(11(16)17)3-9(14)18-2/h6-8,12H,3-5H2,1-2H3,(H,13,15)(H,16,17)/t6?,8-/m0/s1. The van der Waals surface area contributed by atoms with Crippen LogP contribution in [0.3, 0.4) is 0 Å². The molecule has 7 nitrogen and oxygen atoms in total. The second kappa shape index (κ2) is 6.34. The molecule has 18 heavy (non-hydrogen) atoms. The average molecular weight is 258 g/mol. The van der Waals surface area contributed by atoms with Crippen LogP contribution in [0.15, 0.2) is 0 Å². The van der Waals surface area contributed by atoms with E-state index in [9.17, 15) is 14.4 Å². The fourth-order valence-electron chi connectivity index (χ4n) is 1.63. The Labute approximate surface area is 105 Å². The highest BCUT2D eigenvalue weighted by atomic mass is 16.5. The van der Waals surface area contributed by atoms with E-state index < -0.39 is 18.0 Å². The summed E-state index contributed by atoms with van der Waals surface area (Å²) in [6, 6.07) is -1.24. The highest BCUT2D eigenvalue weighted by Crippen LogP contribution is 2.16. The summed E-state index contributed by atoms with van der Waals surface area (Å²) in [5.41, 5.74) is 0. The number of ether oxygens (including phenoxy) is 1. The first-order valence-corrected chi connectivity index (χ1v) is 5.76. The largest absolute Gasteiger partial charge is 0.480 e. The van der Waals surface area contributed by atoms with Gasteiger partial charge in [0.15, 0.2) is 0 Å². The number of rotatable bonds is 6. The molecule has 0 bridgehead atoms. The minimum atomic E-state index is -1.24. The van der Waals surface area contributed by atoms with Crippen molar-refractivity contribution in [3.8, 4) is 0 Å². The number of amides is 1. The van der Waals surface area contributed by atoms with Crippen LogP contribution in [-0.4, -0.2) is 49.2 Å². The Balaban J connectivity index is 2.51. The molecular weight excluding hydrogens is 240 g/mol. The smallest absolute Gasteiger partial charge is 0.326 e. The number of carbonyl (C=O) groups excluding carboxylic acids is 2. The average Bonchev–Trinajstić information content (AvgIpc) is 2.25. The van der Waals surface area contributed by atoms with Crippen molar-refractivity contribution in [3.63, 3.8) is 0 Å². The van der Waals surface area contributed by atoms with Crippen LogP contribution >= 0.6 is 0 Å². The lowest BCUT2D eigenvalue weighted by Gasteiger charge is -2.32. The third-order valence-electron chi connectivity index (χ3n) is 3.15. The van der Waals surface area contributed by atoms with Crippen molar-refractivity contribution in [1.29, 1.82) is 0 Å². The Bertz CT molecular complexity index is 340. The van der Waals surface area contributed by atoms with Gasteiger partial charge in [0.2, 0.25) is 5.91 Å². The van der Waals surface area contributed by atoms with E-state index >= 15 is 0 Å². The normalized spacial score (nSPS) is 18.3. The van der Waals surface area contributed by atoms with E-state index in [0.717, 1.165) is 13.1 Å². The van der Waals surface area contributed by atoms with Crippen LogP contribution in [0, 0.1) is 11.8 Å². The number of hydrogen-bond acceptors (Lipinski definition) is 5. The van der Waals surface area contributed by atoms with E-state index in [2.05, 4.69) is 15.4 Å². The zero-order valence-corrected chi connectivity index (χ0v) is 10.4. The van der Waals surface area contributed by atoms with Gasteiger partial charge in [-0.3, -0.25) is 9.59 Å². The van der Waals surface area contributed by atoms with Gasteiger partial charge < -0.3 is 20.5 Å². The summed E-state index contributed by atoms with van der Waals surface area (Å²) in [6.45, 7) is 3.25. The quantitative estimate of drug-likeness (QED) is 0.526. The number of carboxylic acids is 1. The van der Waals surface area contributed by atoms with Gasteiger partial charge in [0, 0.05) is 5.92 Å². The fraction of sp³-hybridized carbons (Fsp3) is 0.727. The third kappa shape index (κ3) is 3.69. The van der Waals surface area contributed by atoms with Crippen molar-refractivity contribution in [3.05, 3.63) is 0 Å². The van der Waals surface area contributed by atoms with Crippen molar-refractivity contribution in [2.75, 3.05) is 20.2 Å². The number of hydrogen-bond donors (Lipinski definition) is 3. The van der Waals surface area contributed by atoms with Crippen LogP contribution in [0.25, 0.3) is 0 Å². The maximum absolute atomic E-state index is 11.8. The van der Waals surface area contributed by atoms with Crippen molar-refractivity contribution in [2.24, 2.45) is 11.8 Å². The topological polar surface area (TPSA) is 105 Å². The van der Waals surface area contributed by atoms with Crippen LogP contribution < -0.4 is 10.6 Å². The molecule has 2 atom stereocenters. The van der Waals surface area contributed by atoms with Crippen molar-refractivity contribution < 1.29 is 24.2 Å². The lowest BCUT2D eigenvalue weighted by molar-refractivity contribution is -0.149. The summed E-state index contributed by atoms with van der Waals surface area (Å²) < 4.78 is 4.39. The van der Waals surface area contributed by atoms with E-state index in [1.807, 2.05) is 0 Å². The summed E-state index contributed by atoms with van der Waals surface area (Å²) in [5.74, 6) is -2.31. The molecule has 0 aliphatic carbocycles. The van der Waals surface area contributed by atoms with Gasteiger partial charge in [-0.1, -0.05) is 6.92 Å². The molecule has 102 valence electrons. The highest BCUT2D eigenvalue weighted by Gasteiger charge is 2.32. The summed E-state index contributed by atoms with van der Waals surface area (Å²) >= 11 is 0. The van der Waals surface area contributed by atoms with Crippen LogP contribution in [0.1, 0.15) is 13.3 Å². The molecule has 0 radical (unpaired) electrons. The predicted octanol–water partition coefficient (Wildman–Crippen LogP) is -1.03. The molecule has 3 N–H and O–H groups in total. The summed E-state index contributed by atoms with van der Waals surface area (Å²) in [6.07, 6.45) is -0.368. The monoisotopic (exact) mass is 258 g/mol. The van der Waals surface area contributed by atoms with Gasteiger partial charge in [0.05, 0.1) is 13.5 Å². The first-order valence-electron chi connectivity index (χ1n) is 5.76. The summed E-state index contributed by atoms with van der Waals surface area (Å²) in [4.78, 5) is 33.8. The molecule has 1 amide bonds. The SMILES string of the molecule is COC(=O)C[C@H](NC(=O)C(C)C1CNC1)C(=O)O. The molecule has 0 saturated carbocycles. The summed E-state index contributed by atoms with van der Waals surface area (Å²) in [5, 5.41) is 14.3. The molecule has 0 aromatic carbocycles. The van der Waals surface area contributed by atoms with E-state index in [0.29, 0.717) is 0 Å². The van der Waals surface area contributed by atoms with Crippen molar-refractivity contribution >= 4 is 17.8 Å². The maximum Gasteiger partial charge on any atom is 0.326 e. The van der Waals surface area contributed by atoms with Crippen LogP contribution in [0.2, 0.25) is 0 Å². The number of nitrogens with one attached hydrogen (secondary N) is 2. The first kappa shape index (κ1) is 14.4. The van der Waals surface area contributed by atoms with Gasteiger partial charge in [0.25, 0.3) is 0 Å². The molecule has 1 saturated heterocycles. The van der Waals surface area contributed by atoms with Gasteiger partial charge in [-0.15, -0.1) is 0 Å². The second-order valence-corrected chi connectivity index (χ2v) is 4.39. The van der Waals surface area contributed by atoms with Crippen molar-refractivity contribution in [1.82, 2.24) is 10.6 Å². The predicted molar refractivity (Wildman–Crippen MR) is 61.7 cm³/mol. The summed E-state index contributed by atoms with van der Waals surface area (Å²) in [7, 11) is 1.17. The molecule has 0 aromatic rings. The molecule has 1 unspecified atom stereocenters. The number of carboxylic acid groups (broad SMARTS) is 1. The minimum Gasteiger partial charge on any atom is -0.480 e. The Hall–Kier alpha value is -1.63. The number of methoxy groups -OCH3 is 1. The molecule has 0 spiro atoms. The van der Waals surface area contributed by atoms with Gasteiger partial charge in [-0.05, 0) is 19.0 Å². The van der Waals surface area contributed by atoms with Crippen LogP contribution in [0.4, 0.5) is 0 Å². The number of esters is 1. The second-order valence-electron chi connectivity index (χ2n) is 4.39. The van der Waals surface area contributed by atoms with E-state index in [-0.39, 0.29) is 24.2 Å². The Morgan fingerprint density at radius 3 is 2.44 bits per heavy atom. The minimum absolute atomic E-state index is 0.220. The molecule has 7 heteroatoms. The molecule has 0 aromatic heterocycles. The lowest BCUT2D eigenvalue weighted by atomic mass is 9.88. The maximum atomic E-state index is 11.8. The first-order chi connectivity index (χ1) is 8.45. The van der Waals surface area contributed by atoms with E-state index in [1.54, 1.807) is 6.92 Å². The number of aliphatic carboxylic acids is 1.